The van der Waals surface area contributed by atoms with E-state index in [1.54, 1.807) is 0 Å². The molecule has 0 aromatic rings. The van der Waals surface area contributed by atoms with Crippen molar-refractivity contribution in [2.45, 2.75) is 71.3 Å². The van der Waals surface area contributed by atoms with Gasteiger partial charge in [-0.15, -0.1) is 0 Å². The summed E-state index contributed by atoms with van der Waals surface area (Å²) in [6, 6.07) is 0.546. The summed E-state index contributed by atoms with van der Waals surface area (Å²) in [5.41, 5.74) is 0. The van der Waals surface area contributed by atoms with Crippen molar-refractivity contribution in [3.05, 3.63) is 0 Å². The van der Waals surface area contributed by atoms with Gasteiger partial charge in [0.2, 0.25) is 0 Å². The number of nitrogens with one attached hydrogen (secondary N) is 1. The van der Waals surface area contributed by atoms with Crippen LogP contribution in [0.15, 0.2) is 0 Å². The molecule has 0 heterocycles. The average Bonchev–Trinajstić information content (AvgIpc) is 2.31. The second kappa shape index (κ2) is 13.0. The van der Waals surface area contributed by atoms with Crippen LogP contribution in [-0.4, -0.2) is 26.3 Å². The standard InChI is InChI=1S/C14H31NO/c1-4-6-7-8-9-10-12-16-13-14(15-3)11-5-2/h14-15H,4-13H2,1-3H3. The summed E-state index contributed by atoms with van der Waals surface area (Å²) in [6.07, 6.45) is 10.5. The normalized spacial score (nSPS) is 12.9. The van der Waals surface area contributed by atoms with Gasteiger partial charge in [0.15, 0.2) is 0 Å². The van der Waals surface area contributed by atoms with Crippen molar-refractivity contribution in [3.8, 4) is 0 Å². The molecule has 0 amide bonds. The molecule has 0 saturated carbocycles. The highest BCUT2D eigenvalue weighted by atomic mass is 16.5. The zero-order valence-electron chi connectivity index (χ0n) is 11.6. The number of rotatable bonds is 12. The largest absolute Gasteiger partial charge is 0.380 e. The smallest absolute Gasteiger partial charge is 0.0619 e. The van der Waals surface area contributed by atoms with Crippen molar-refractivity contribution in [2.75, 3.05) is 20.3 Å². The van der Waals surface area contributed by atoms with Gasteiger partial charge in [-0.3, -0.25) is 0 Å². The van der Waals surface area contributed by atoms with Crippen LogP contribution in [0.3, 0.4) is 0 Å². The van der Waals surface area contributed by atoms with Gasteiger partial charge < -0.3 is 10.1 Å². The molecule has 0 fully saturated rings. The van der Waals surface area contributed by atoms with E-state index in [9.17, 15) is 0 Å². The lowest BCUT2D eigenvalue weighted by molar-refractivity contribution is 0.107. The molecule has 0 rings (SSSR count). The van der Waals surface area contributed by atoms with Crippen LogP contribution in [0, 0.1) is 0 Å². The van der Waals surface area contributed by atoms with Crippen LogP contribution >= 0.6 is 0 Å². The van der Waals surface area contributed by atoms with Crippen molar-refractivity contribution in [1.29, 1.82) is 0 Å². The third-order valence-electron chi connectivity index (χ3n) is 3.01. The van der Waals surface area contributed by atoms with Gasteiger partial charge in [0.1, 0.15) is 0 Å². The first-order valence-electron chi connectivity index (χ1n) is 7.10. The predicted molar refractivity (Wildman–Crippen MR) is 72.0 cm³/mol. The van der Waals surface area contributed by atoms with Gasteiger partial charge >= 0.3 is 0 Å². The lowest BCUT2D eigenvalue weighted by Crippen LogP contribution is -2.30. The Morgan fingerprint density at radius 3 is 2.25 bits per heavy atom. The van der Waals surface area contributed by atoms with Crippen LogP contribution in [0.2, 0.25) is 0 Å². The number of ether oxygens (including phenoxy) is 1. The summed E-state index contributed by atoms with van der Waals surface area (Å²) in [5, 5.41) is 3.30. The molecular formula is C14H31NO. The third kappa shape index (κ3) is 10.4. The lowest BCUT2D eigenvalue weighted by atomic mass is 10.1. The van der Waals surface area contributed by atoms with E-state index in [1.165, 1.54) is 51.4 Å². The maximum atomic E-state index is 5.68. The number of hydrogen-bond donors (Lipinski definition) is 1. The molecule has 98 valence electrons. The van der Waals surface area contributed by atoms with E-state index in [-0.39, 0.29) is 0 Å². The molecule has 0 saturated heterocycles. The maximum absolute atomic E-state index is 5.68. The molecule has 0 bridgehead atoms. The van der Waals surface area contributed by atoms with Gasteiger partial charge in [0, 0.05) is 12.6 Å². The summed E-state index contributed by atoms with van der Waals surface area (Å²) in [6.45, 7) is 6.29. The number of hydrogen-bond acceptors (Lipinski definition) is 2. The quantitative estimate of drug-likeness (QED) is 0.515. The first-order valence-corrected chi connectivity index (χ1v) is 7.10. The highest BCUT2D eigenvalue weighted by Gasteiger charge is 2.03. The van der Waals surface area contributed by atoms with E-state index in [0.717, 1.165) is 13.2 Å². The van der Waals surface area contributed by atoms with Crippen molar-refractivity contribution >= 4 is 0 Å². The lowest BCUT2D eigenvalue weighted by Gasteiger charge is -2.15. The fourth-order valence-electron chi connectivity index (χ4n) is 1.87. The molecule has 1 atom stereocenters. The summed E-state index contributed by atoms with van der Waals surface area (Å²) >= 11 is 0. The Labute approximate surface area is 102 Å². The highest BCUT2D eigenvalue weighted by Crippen LogP contribution is 2.05. The number of likely N-dealkylation sites (N-methyl/N-ethyl adjacent to an activating group) is 1. The van der Waals surface area contributed by atoms with Gasteiger partial charge in [-0.25, -0.2) is 0 Å². The van der Waals surface area contributed by atoms with Gasteiger partial charge in [-0.1, -0.05) is 52.4 Å². The Kier molecular flexibility index (Phi) is 12.9. The summed E-state index contributed by atoms with van der Waals surface area (Å²) in [7, 11) is 2.02. The van der Waals surface area contributed by atoms with Crippen molar-refractivity contribution in [1.82, 2.24) is 5.32 Å². The van der Waals surface area contributed by atoms with Crippen LogP contribution in [0.1, 0.15) is 65.2 Å². The zero-order valence-corrected chi connectivity index (χ0v) is 11.6. The van der Waals surface area contributed by atoms with E-state index in [0.29, 0.717) is 6.04 Å². The Hall–Kier alpha value is -0.0800. The second-order valence-corrected chi connectivity index (χ2v) is 4.62. The molecule has 0 aliphatic carbocycles. The molecule has 1 N–H and O–H groups in total. The van der Waals surface area contributed by atoms with E-state index >= 15 is 0 Å². The minimum atomic E-state index is 0.546. The highest BCUT2D eigenvalue weighted by molar-refractivity contribution is 4.61. The average molecular weight is 229 g/mol. The summed E-state index contributed by atoms with van der Waals surface area (Å²) < 4.78 is 5.68. The van der Waals surface area contributed by atoms with Gasteiger partial charge in [0.25, 0.3) is 0 Å². The van der Waals surface area contributed by atoms with Crippen molar-refractivity contribution < 1.29 is 4.74 Å². The fourth-order valence-corrected chi connectivity index (χ4v) is 1.87. The SMILES string of the molecule is CCCCCCCCOCC(CCC)NC. The van der Waals surface area contributed by atoms with Crippen LogP contribution in [-0.2, 0) is 4.74 Å². The summed E-state index contributed by atoms with van der Waals surface area (Å²) in [4.78, 5) is 0. The van der Waals surface area contributed by atoms with Gasteiger partial charge in [0.05, 0.1) is 6.61 Å². The van der Waals surface area contributed by atoms with E-state index < -0.39 is 0 Å². The molecule has 2 heteroatoms. The Morgan fingerprint density at radius 2 is 1.62 bits per heavy atom. The first kappa shape index (κ1) is 15.9. The molecule has 16 heavy (non-hydrogen) atoms. The van der Waals surface area contributed by atoms with Crippen LogP contribution in [0.5, 0.6) is 0 Å². The van der Waals surface area contributed by atoms with E-state index in [2.05, 4.69) is 19.2 Å². The Balaban J connectivity index is 3.12. The molecule has 0 aromatic carbocycles. The molecule has 0 radical (unpaired) electrons. The molecule has 2 nitrogen and oxygen atoms in total. The van der Waals surface area contributed by atoms with Crippen LogP contribution in [0.25, 0.3) is 0 Å². The molecule has 0 aliphatic heterocycles. The predicted octanol–water partition coefficient (Wildman–Crippen LogP) is 3.75. The van der Waals surface area contributed by atoms with E-state index in [1.807, 2.05) is 7.05 Å². The van der Waals surface area contributed by atoms with Crippen molar-refractivity contribution in [2.24, 2.45) is 0 Å². The minimum absolute atomic E-state index is 0.546. The topological polar surface area (TPSA) is 21.3 Å². The molecular weight excluding hydrogens is 198 g/mol. The Bertz CT molecular complexity index is 128. The third-order valence-corrected chi connectivity index (χ3v) is 3.01. The maximum Gasteiger partial charge on any atom is 0.0619 e. The van der Waals surface area contributed by atoms with E-state index in [4.69, 9.17) is 4.74 Å². The number of unbranched alkanes of at least 4 members (excludes halogenated alkanes) is 5. The van der Waals surface area contributed by atoms with Crippen LogP contribution < -0.4 is 5.32 Å². The molecule has 0 spiro atoms. The second-order valence-electron chi connectivity index (χ2n) is 4.62. The van der Waals surface area contributed by atoms with Gasteiger partial charge in [-0.2, -0.15) is 0 Å². The minimum Gasteiger partial charge on any atom is -0.380 e. The Morgan fingerprint density at radius 1 is 0.938 bits per heavy atom. The zero-order chi connectivity index (χ0) is 12.1. The summed E-state index contributed by atoms with van der Waals surface area (Å²) in [5.74, 6) is 0. The van der Waals surface area contributed by atoms with Crippen LogP contribution in [0.4, 0.5) is 0 Å². The fraction of sp³-hybridized carbons (Fsp3) is 1.00. The molecule has 0 aromatic heterocycles. The molecule has 0 aliphatic rings. The van der Waals surface area contributed by atoms with Gasteiger partial charge in [-0.05, 0) is 19.9 Å². The monoisotopic (exact) mass is 229 g/mol. The first-order chi connectivity index (χ1) is 7.85. The molecule has 1 unspecified atom stereocenters. The van der Waals surface area contributed by atoms with Crippen molar-refractivity contribution in [3.63, 3.8) is 0 Å².